The van der Waals surface area contributed by atoms with Gasteiger partial charge in [-0.05, 0) is 19.3 Å². The number of nitrogens with two attached hydrogens (primary N) is 1. The van der Waals surface area contributed by atoms with Crippen LogP contribution in [-0.2, 0) is 14.4 Å². The molecule has 0 aromatic carbocycles. The molecule has 7 heteroatoms. The number of ketones is 1. The fourth-order valence-corrected chi connectivity index (χ4v) is 2.01. The Morgan fingerprint density at radius 3 is 2.14 bits per heavy atom. The maximum Gasteiger partial charge on any atom is 0.229 e. The quantitative estimate of drug-likeness (QED) is 0.279. The summed E-state index contributed by atoms with van der Waals surface area (Å²) in [4.78, 5) is 34.8. The van der Waals surface area contributed by atoms with Crippen molar-refractivity contribution in [2.45, 2.75) is 39.7 Å². The molecule has 0 aliphatic carbocycles. The second-order valence-electron chi connectivity index (χ2n) is 5.44. The van der Waals surface area contributed by atoms with Crippen LogP contribution in [0.4, 0.5) is 0 Å². The lowest BCUT2D eigenvalue weighted by atomic mass is 9.88. The van der Waals surface area contributed by atoms with Gasteiger partial charge in [-0.2, -0.15) is 0 Å². The van der Waals surface area contributed by atoms with Gasteiger partial charge in [-0.3, -0.25) is 14.4 Å². The average Bonchev–Trinajstić information content (AvgIpc) is 2.42. The summed E-state index contributed by atoms with van der Waals surface area (Å²) in [6.45, 7) is 6.48. The second-order valence-corrected chi connectivity index (χ2v) is 6.20. The van der Waals surface area contributed by atoms with Gasteiger partial charge in [0.05, 0.1) is 10.5 Å². The number of Topliss-reactive ketones (excluding diaryl/α,β-unsaturated/α-hetero) is 1. The number of carbonyl (C=O) groups excluding carboxylic acids is 3. The molecule has 0 fully saturated rings. The number of hydrogen-bond acceptors (Lipinski definition) is 4. The normalized spacial score (nSPS) is 13.6. The van der Waals surface area contributed by atoms with Gasteiger partial charge in [0.2, 0.25) is 11.8 Å². The van der Waals surface area contributed by atoms with Crippen molar-refractivity contribution in [3.63, 3.8) is 0 Å². The van der Waals surface area contributed by atoms with Crippen LogP contribution >= 0.6 is 22.6 Å². The molecule has 0 heterocycles. The van der Waals surface area contributed by atoms with Gasteiger partial charge in [-0.15, -0.1) is 0 Å². The number of amides is 2. The molecular formula is C14H26IN3O3. The first-order valence-corrected chi connectivity index (χ1v) is 8.70. The zero-order valence-corrected chi connectivity index (χ0v) is 15.1. The molecule has 0 aromatic rings. The highest BCUT2D eigenvalue weighted by molar-refractivity contribution is 14.1. The van der Waals surface area contributed by atoms with E-state index in [-0.39, 0.29) is 35.9 Å². The maximum atomic E-state index is 12.1. The van der Waals surface area contributed by atoms with Crippen molar-refractivity contribution < 1.29 is 14.4 Å². The predicted octanol–water partition coefficient (Wildman–Crippen LogP) is 0.623. The fraction of sp³-hybridized carbons (Fsp3) is 0.786. The number of carbonyl (C=O) groups is 3. The minimum atomic E-state index is -0.539. The van der Waals surface area contributed by atoms with E-state index in [0.29, 0.717) is 23.9 Å². The Balaban J connectivity index is 4.13. The molecule has 21 heavy (non-hydrogen) atoms. The van der Waals surface area contributed by atoms with E-state index in [1.165, 1.54) is 0 Å². The Hall–Kier alpha value is -0.700. The molecule has 0 saturated heterocycles. The molecule has 0 rings (SSSR count). The van der Waals surface area contributed by atoms with Gasteiger partial charge in [0.25, 0.3) is 0 Å². The zero-order valence-electron chi connectivity index (χ0n) is 12.9. The topological polar surface area (TPSA) is 101 Å². The third-order valence-electron chi connectivity index (χ3n) is 3.17. The van der Waals surface area contributed by atoms with Crippen LogP contribution in [0.1, 0.15) is 33.6 Å². The van der Waals surface area contributed by atoms with Crippen molar-refractivity contribution in [1.82, 2.24) is 10.6 Å². The van der Waals surface area contributed by atoms with Crippen LogP contribution in [0.15, 0.2) is 0 Å². The van der Waals surface area contributed by atoms with Gasteiger partial charge >= 0.3 is 0 Å². The van der Waals surface area contributed by atoms with Gasteiger partial charge in [0.1, 0.15) is 5.78 Å². The van der Waals surface area contributed by atoms with E-state index in [9.17, 15) is 14.4 Å². The SMILES string of the molecule is CC(C)[C@@H](CC(=O)[C@@H](C)N)C(=O)NCCCNC(=O)CI. The lowest BCUT2D eigenvalue weighted by Crippen LogP contribution is -2.39. The third kappa shape index (κ3) is 9.02. The zero-order chi connectivity index (χ0) is 16.4. The number of halogens is 1. The number of alkyl halides is 1. The van der Waals surface area contributed by atoms with Crippen LogP contribution in [0.25, 0.3) is 0 Å². The summed E-state index contributed by atoms with van der Waals surface area (Å²) in [5.41, 5.74) is 5.54. The molecule has 6 nitrogen and oxygen atoms in total. The monoisotopic (exact) mass is 411 g/mol. The molecule has 4 N–H and O–H groups in total. The summed E-state index contributed by atoms with van der Waals surface area (Å²) < 4.78 is 0.429. The molecule has 0 aliphatic rings. The van der Waals surface area contributed by atoms with Crippen molar-refractivity contribution >= 4 is 40.2 Å². The Bertz CT molecular complexity index is 359. The summed E-state index contributed by atoms with van der Waals surface area (Å²) in [5.74, 6) is -0.513. The van der Waals surface area contributed by atoms with E-state index in [1.807, 2.05) is 36.4 Å². The lowest BCUT2D eigenvalue weighted by molar-refractivity contribution is -0.131. The average molecular weight is 411 g/mol. The number of hydrogen-bond donors (Lipinski definition) is 3. The molecular weight excluding hydrogens is 385 g/mol. The Morgan fingerprint density at radius 1 is 1.10 bits per heavy atom. The van der Waals surface area contributed by atoms with Crippen LogP contribution in [0.3, 0.4) is 0 Å². The van der Waals surface area contributed by atoms with Crippen LogP contribution < -0.4 is 16.4 Å². The van der Waals surface area contributed by atoms with Crippen LogP contribution in [0, 0.1) is 11.8 Å². The van der Waals surface area contributed by atoms with Gasteiger partial charge in [-0.1, -0.05) is 36.4 Å². The number of rotatable bonds is 10. The molecule has 0 bridgehead atoms. The Kier molecular flexibility index (Phi) is 10.6. The summed E-state index contributed by atoms with van der Waals surface area (Å²) in [6, 6.07) is -0.539. The third-order valence-corrected chi connectivity index (χ3v) is 3.86. The maximum absolute atomic E-state index is 12.1. The highest BCUT2D eigenvalue weighted by atomic mass is 127. The molecule has 0 aliphatic heterocycles. The Labute approximate surface area is 140 Å². The van der Waals surface area contributed by atoms with Gasteiger partial charge in [0, 0.05) is 25.4 Å². The second kappa shape index (κ2) is 10.9. The van der Waals surface area contributed by atoms with Crippen molar-refractivity contribution in [2.24, 2.45) is 17.6 Å². The molecule has 0 aromatic heterocycles. The molecule has 0 radical (unpaired) electrons. The van der Waals surface area contributed by atoms with E-state index >= 15 is 0 Å². The van der Waals surface area contributed by atoms with Crippen LogP contribution in [0.5, 0.6) is 0 Å². The minimum Gasteiger partial charge on any atom is -0.356 e. The molecule has 122 valence electrons. The first-order chi connectivity index (χ1) is 9.79. The van der Waals surface area contributed by atoms with Gasteiger partial charge < -0.3 is 16.4 Å². The van der Waals surface area contributed by atoms with Crippen molar-refractivity contribution in [3.05, 3.63) is 0 Å². The van der Waals surface area contributed by atoms with Crippen LogP contribution in [0.2, 0.25) is 0 Å². The lowest BCUT2D eigenvalue weighted by Gasteiger charge is -2.20. The van der Waals surface area contributed by atoms with Crippen LogP contribution in [-0.4, -0.2) is 41.2 Å². The molecule has 0 saturated carbocycles. The van der Waals surface area contributed by atoms with Crippen molar-refractivity contribution in [3.8, 4) is 0 Å². The number of nitrogens with one attached hydrogen (secondary N) is 2. The van der Waals surface area contributed by atoms with E-state index in [0.717, 1.165) is 0 Å². The fourth-order valence-electron chi connectivity index (χ4n) is 1.74. The minimum absolute atomic E-state index is 0.00971. The van der Waals surface area contributed by atoms with E-state index in [4.69, 9.17) is 5.73 Å². The summed E-state index contributed by atoms with van der Waals surface area (Å²) in [6.07, 6.45) is 0.840. The first kappa shape index (κ1) is 20.3. The smallest absolute Gasteiger partial charge is 0.229 e. The summed E-state index contributed by atoms with van der Waals surface area (Å²) >= 11 is 1.99. The molecule has 2 amide bonds. The summed E-state index contributed by atoms with van der Waals surface area (Å²) in [5, 5.41) is 5.55. The van der Waals surface area contributed by atoms with Gasteiger partial charge in [0.15, 0.2) is 0 Å². The molecule has 0 spiro atoms. The van der Waals surface area contributed by atoms with Gasteiger partial charge in [-0.25, -0.2) is 0 Å². The van der Waals surface area contributed by atoms with E-state index in [2.05, 4.69) is 10.6 Å². The molecule has 0 unspecified atom stereocenters. The van der Waals surface area contributed by atoms with E-state index in [1.54, 1.807) is 6.92 Å². The highest BCUT2D eigenvalue weighted by Gasteiger charge is 2.25. The largest absolute Gasteiger partial charge is 0.356 e. The predicted molar refractivity (Wildman–Crippen MR) is 91.1 cm³/mol. The first-order valence-electron chi connectivity index (χ1n) is 7.18. The standard InChI is InChI=1S/C14H26IN3O3/c1-9(2)11(7-12(19)10(3)16)14(21)18-6-4-5-17-13(20)8-15/h9-11H,4-8,16H2,1-3H3,(H,17,20)(H,18,21)/t10-,11-/m1/s1. The molecule has 2 atom stereocenters. The highest BCUT2D eigenvalue weighted by Crippen LogP contribution is 2.16. The Morgan fingerprint density at radius 2 is 1.67 bits per heavy atom. The van der Waals surface area contributed by atoms with E-state index < -0.39 is 6.04 Å². The summed E-state index contributed by atoms with van der Waals surface area (Å²) in [7, 11) is 0. The van der Waals surface area contributed by atoms with Crippen molar-refractivity contribution in [1.29, 1.82) is 0 Å². The van der Waals surface area contributed by atoms with Crippen molar-refractivity contribution in [2.75, 3.05) is 17.5 Å².